The molecule has 3 N–H and O–H groups in total. The number of carbonyl (C=O) groups is 1. The molecule has 4 rings (SSSR count). The molecule has 0 spiro atoms. The van der Waals surface area contributed by atoms with Crippen LogP contribution in [0.3, 0.4) is 0 Å². The van der Waals surface area contributed by atoms with Crippen LogP contribution in [0.25, 0.3) is 11.0 Å². The first-order chi connectivity index (χ1) is 12.1. The van der Waals surface area contributed by atoms with Crippen LogP contribution in [-0.4, -0.2) is 49.7 Å². The summed E-state index contributed by atoms with van der Waals surface area (Å²) in [5.41, 5.74) is 6.67. The van der Waals surface area contributed by atoms with Crippen molar-refractivity contribution in [3.63, 3.8) is 0 Å². The number of fused-ring (bicyclic) bond motifs is 1. The van der Waals surface area contributed by atoms with Gasteiger partial charge in [0.25, 0.3) is 5.91 Å². The number of anilines is 2. The molecule has 130 valence electrons. The molecule has 0 aromatic carbocycles. The van der Waals surface area contributed by atoms with Crippen LogP contribution >= 0.6 is 0 Å². The van der Waals surface area contributed by atoms with Crippen molar-refractivity contribution in [2.75, 3.05) is 24.1 Å². The Kier molecular flexibility index (Phi) is 3.75. The van der Waals surface area contributed by atoms with E-state index in [1.54, 1.807) is 27.9 Å². The van der Waals surface area contributed by atoms with E-state index in [-0.39, 0.29) is 11.9 Å². The Morgan fingerprint density at radius 1 is 1.44 bits per heavy atom. The molecule has 4 heterocycles. The minimum absolute atomic E-state index is 0.0535. The van der Waals surface area contributed by atoms with Crippen LogP contribution in [0.5, 0.6) is 0 Å². The second kappa shape index (κ2) is 6.08. The predicted molar refractivity (Wildman–Crippen MR) is 92.0 cm³/mol. The minimum atomic E-state index is -0.0981. The summed E-state index contributed by atoms with van der Waals surface area (Å²) in [6.07, 6.45) is 4.98. The molecule has 3 aromatic heterocycles. The lowest BCUT2D eigenvalue weighted by Gasteiger charge is -2.32. The molecule has 9 nitrogen and oxygen atoms in total. The number of rotatable bonds is 3. The zero-order valence-electron chi connectivity index (χ0n) is 13.8. The van der Waals surface area contributed by atoms with E-state index in [0.717, 1.165) is 18.2 Å². The smallest absolute Gasteiger partial charge is 0.289 e. The number of nitrogen functional groups attached to an aromatic ring is 1. The fourth-order valence-corrected chi connectivity index (χ4v) is 3.13. The zero-order valence-corrected chi connectivity index (χ0v) is 13.8. The van der Waals surface area contributed by atoms with Gasteiger partial charge in [0.15, 0.2) is 11.4 Å². The van der Waals surface area contributed by atoms with Crippen molar-refractivity contribution in [3.05, 3.63) is 30.4 Å². The molecule has 1 amide bonds. The number of furan rings is 1. The van der Waals surface area contributed by atoms with E-state index in [9.17, 15) is 4.79 Å². The highest BCUT2D eigenvalue weighted by atomic mass is 16.3. The molecule has 1 saturated heterocycles. The van der Waals surface area contributed by atoms with Crippen LogP contribution in [0.1, 0.15) is 23.4 Å². The Bertz CT molecular complexity index is 903. The molecule has 1 atom stereocenters. The highest BCUT2D eigenvalue weighted by molar-refractivity contribution is 5.91. The van der Waals surface area contributed by atoms with Gasteiger partial charge in [0.05, 0.1) is 17.8 Å². The van der Waals surface area contributed by atoms with E-state index in [0.29, 0.717) is 36.3 Å². The lowest BCUT2D eigenvalue weighted by atomic mass is 10.1. The van der Waals surface area contributed by atoms with E-state index >= 15 is 0 Å². The second-order valence-corrected chi connectivity index (χ2v) is 6.15. The molecule has 1 aliphatic heterocycles. The number of hydrogen-bond acceptors (Lipinski definition) is 7. The third kappa shape index (κ3) is 2.88. The van der Waals surface area contributed by atoms with Gasteiger partial charge in [-0.1, -0.05) is 0 Å². The van der Waals surface area contributed by atoms with Crippen LogP contribution in [0.15, 0.2) is 29.0 Å². The topological polar surface area (TPSA) is 115 Å². The number of aromatic nitrogens is 4. The SMILES string of the molecule is Cn1ncc2c(N)nc(NC3CCCN(C(=O)c4ccco4)C3)nc21. The fraction of sp³-hybridized carbons (Fsp3) is 0.375. The summed E-state index contributed by atoms with van der Waals surface area (Å²) in [5, 5.41) is 8.17. The van der Waals surface area contributed by atoms with E-state index < -0.39 is 0 Å². The number of piperidine rings is 1. The molecule has 25 heavy (non-hydrogen) atoms. The molecule has 9 heteroatoms. The van der Waals surface area contributed by atoms with Crippen molar-refractivity contribution >= 4 is 28.7 Å². The molecule has 1 aliphatic rings. The van der Waals surface area contributed by atoms with Gasteiger partial charge >= 0.3 is 0 Å². The molecule has 0 bridgehead atoms. The summed E-state index contributed by atoms with van der Waals surface area (Å²) in [6.45, 7) is 1.27. The Hall–Kier alpha value is -3.10. The molecule has 0 aliphatic carbocycles. The first-order valence-electron chi connectivity index (χ1n) is 8.16. The third-order valence-corrected chi connectivity index (χ3v) is 4.40. The highest BCUT2D eigenvalue weighted by Crippen LogP contribution is 2.21. The number of nitrogens with zero attached hydrogens (tertiary/aromatic N) is 5. The molecular weight excluding hydrogens is 322 g/mol. The van der Waals surface area contributed by atoms with Gasteiger partial charge in [-0.15, -0.1) is 0 Å². The lowest BCUT2D eigenvalue weighted by molar-refractivity contribution is 0.0682. The van der Waals surface area contributed by atoms with Crippen molar-refractivity contribution < 1.29 is 9.21 Å². The number of carbonyl (C=O) groups excluding carboxylic acids is 1. The standard InChI is InChI=1S/C16H19N7O2/c1-22-14-11(8-18-22)13(17)20-16(21-14)19-10-4-2-6-23(9-10)15(24)12-5-3-7-25-12/h3,5,7-8,10H,2,4,6,9H2,1H3,(H3,17,19,20,21). The van der Waals surface area contributed by atoms with Crippen LogP contribution in [-0.2, 0) is 7.05 Å². The van der Waals surface area contributed by atoms with Crippen molar-refractivity contribution in [1.29, 1.82) is 0 Å². The Morgan fingerprint density at radius 2 is 2.32 bits per heavy atom. The molecule has 3 aromatic rings. The average Bonchev–Trinajstić information content (AvgIpc) is 3.25. The average molecular weight is 341 g/mol. The Morgan fingerprint density at radius 3 is 3.12 bits per heavy atom. The summed E-state index contributed by atoms with van der Waals surface area (Å²) in [7, 11) is 1.81. The summed E-state index contributed by atoms with van der Waals surface area (Å²) in [6, 6.07) is 3.45. The van der Waals surface area contributed by atoms with Crippen molar-refractivity contribution in [1.82, 2.24) is 24.6 Å². The summed E-state index contributed by atoms with van der Waals surface area (Å²) in [5.74, 6) is 1.10. The maximum absolute atomic E-state index is 12.4. The maximum atomic E-state index is 12.4. The predicted octanol–water partition coefficient (Wildman–Crippen LogP) is 1.26. The summed E-state index contributed by atoms with van der Waals surface area (Å²) in [4.78, 5) is 23.0. The molecule has 0 radical (unpaired) electrons. The van der Waals surface area contributed by atoms with Crippen molar-refractivity contribution in [2.24, 2.45) is 7.05 Å². The van der Waals surface area contributed by atoms with Gasteiger partial charge in [-0.05, 0) is 25.0 Å². The molecule has 0 saturated carbocycles. The Balaban J connectivity index is 1.51. The van der Waals surface area contributed by atoms with Crippen LogP contribution in [0.4, 0.5) is 11.8 Å². The Labute approximate surface area is 143 Å². The summed E-state index contributed by atoms with van der Waals surface area (Å²) < 4.78 is 6.87. The van der Waals surface area contributed by atoms with E-state index in [2.05, 4.69) is 20.4 Å². The highest BCUT2D eigenvalue weighted by Gasteiger charge is 2.26. The van der Waals surface area contributed by atoms with Gasteiger partial charge in [-0.3, -0.25) is 9.48 Å². The van der Waals surface area contributed by atoms with Crippen LogP contribution in [0, 0.1) is 0 Å². The van der Waals surface area contributed by atoms with E-state index in [4.69, 9.17) is 10.2 Å². The molecule has 1 fully saturated rings. The van der Waals surface area contributed by atoms with Crippen molar-refractivity contribution in [2.45, 2.75) is 18.9 Å². The quantitative estimate of drug-likeness (QED) is 0.736. The maximum Gasteiger partial charge on any atom is 0.289 e. The zero-order chi connectivity index (χ0) is 17.4. The fourth-order valence-electron chi connectivity index (χ4n) is 3.13. The van der Waals surface area contributed by atoms with Gasteiger partial charge < -0.3 is 20.4 Å². The van der Waals surface area contributed by atoms with Gasteiger partial charge in [0.2, 0.25) is 5.95 Å². The largest absolute Gasteiger partial charge is 0.459 e. The number of amides is 1. The monoisotopic (exact) mass is 341 g/mol. The van der Waals surface area contributed by atoms with Gasteiger partial charge in [-0.25, -0.2) is 0 Å². The first kappa shape index (κ1) is 15.4. The van der Waals surface area contributed by atoms with E-state index in [1.165, 1.54) is 6.26 Å². The first-order valence-corrected chi connectivity index (χ1v) is 8.16. The summed E-state index contributed by atoms with van der Waals surface area (Å²) >= 11 is 0. The molecular formula is C16H19N7O2. The van der Waals surface area contributed by atoms with Gasteiger partial charge in [-0.2, -0.15) is 15.1 Å². The van der Waals surface area contributed by atoms with Gasteiger partial charge in [0.1, 0.15) is 5.82 Å². The van der Waals surface area contributed by atoms with Crippen molar-refractivity contribution in [3.8, 4) is 0 Å². The van der Waals surface area contributed by atoms with Crippen LogP contribution in [0.2, 0.25) is 0 Å². The number of hydrogen-bond donors (Lipinski definition) is 2. The number of likely N-dealkylation sites (tertiary alicyclic amines) is 1. The molecule has 1 unspecified atom stereocenters. The number of nitrogens with two attached hydrogens (primary N) is 1. The van der Waals surface area contributed by atoms with Gasteiger partial charge in [0, 0.05) is 26.2 Å². The second-order valence-electron chi connectivity index (χ2n) is 6.15. The minimum Gasteiger partial charge on any atom is -0.459 e. The van der Waals surface area contributed by atoms with E-state index in [1.807, 2.05) is 7.05 Å². The third-order valence-electron chi connectivity index (χ3n) is 4.40. The normalized spacial score (nSPS) is 17.8. The number of nitrogens with one attached hydrogen (secondary N) is 1. The van der Waals surface area contributed by atoms with Crippen LogP contribution < -0.4 is 11.1 Å². The number of aryl methyl sites for hydroxylation is 1. The lowest BCUT2D eigenvalue weighted by Crippen LogP contribution is -2.45.